The summed E-state index contributed by atoms with van der Waals surface area (Å²) in [6, 6.07) is 3.44. The van der Waals surface area contributed by atoms with Crippen LogP contribution in [0.2, 0.25) is 0 Å². The Morgan fingerprint density at radius 1 is 1.19 bits per heavy atom. The van der Waals surface area contributed by atoms with E-state index in [1.165, 1.54) is 16.3 Å². The number of aromatic nitrogens is 4. The fourth-order valence-corrected chi connectivity index (χ4v) is 4.11. The second-order valence-corrected chi connectivity index (χ2v) is 9.08. The Balaban J connectivity index is 2.09. The number of rotatable bonds is 8. The molecule has 174 valence electrons. The SMILES string of the molecule is CSc1cc2c(cc1C)nc1c(=O)[nH]c(=O)nc-1n2C[C@H](O)[C@H](O)[C@H](O)COP(=O)(O)O. The van der Waals surface area contributed by atoms with Crippen LogP contribution in [-0.4, -0.2) is 75.8 Å². The van der Waals surface area contributed by atoms with Gasteiger partial charge in [-0.05, 0) is 30.9 Å². The minimum absolute atomic E-state index is 0.144. The number of nitrogens with zero attached hydrogens (tertiary/aromatic N) is 3. The molecule has 3 rings (SSSR count). The average molecular weight is 488 g/mol. The van der Waals surface area contributed by atoms with Crippen LogP contribution in [0.5, 0.6) is 0 Å². The normalized spacial score (nSPS) is 15.2. The van der Waals surface area contributed by atoms with Gasteiger partial charge in [0.05, 0.1) is 24.2 Å². The van der Waals surface area contributed by atoms with Crippen LogP contribution in [0.4, 0.5) is 0 Å². The summed E-state index contributed by atoms with van der Waals surface area (Å²) in [5.41, 5.74) is -0.241. The third kappa shape index (κ3) is 5.24. The van der Waals surface area contributed by atoms with Crippen LogP contribution in [0.25, 0.3) is 22.6 Å². The van der Waals surface area contributed by atoms with Crippen molar-refractivity contribution in [3.05, 3.63) is 38.5 Å². The number of fused-ring (bicyclic) bond motifs is 2. The van der Waals surface area contributed by atoms with E-state index >= 15 is 0 Å². The monoisotopic (exact) mass is 488 g/mol. The molecule has 1 aromatic rings. The highest BCUT2D eigenvalue weighted by atomic mass is 32.2. The van der Waals surface area contributed by atoms with Crippen LogP contribution in [0.3, 0.4) is 0 Å². The van der Waals surface area contributed by atoms with Crippen molar-refractivity contribution in [1.82, 2.24) is 19.5 Å². The first kappa shape index (κ1) is 24.5. The molecule has 13 nitrogen and oxygen atoms in total. The van der Waals surface area contributed by atoms with E-state index in [2.05, 4.69) is 14.5 Å². The first-order valence-corrected chi connectivity index (χ1v) is 11.9. The van der Waals surface area contributed by atoms with Crippen molar-refractivity contribution in [2.75, 3.05) is 12.9 Å². The number of hydrogen-bond donors (Lipinski definition) is 6. The maximum absolute atomic E-state index is 12.3. The van der Waals surface area contributed by atoms with Crippen molar-refractivity contribution in [2.24, 2.45) is 0 Å². The summed E-state index contributed by atoms with van der Waals surface area (Å²) in [5.74, 6) is -0.144. The summed E-state index contributed by atoms with van der Waals surface area (Å²) < 4.78 is 16.3. The molecule has 0 aromatic heterocycles. The molecule has 15 heteroatoms. The summed E-state index contributed by atoms with van der Waals surface area (Å²) in [4.78, 5) is 52.5. The molecule has 1 aromatic carbocycles. The number of aliphatic hydroxyl groups is 3. The molecular formula is C17H21N4O9PS. The highest BCUT2D eigenvalue weighted by molar-refractivity contribution is 7.98. The van der Waals surface area contributed by atoms with E-state index in [4.69, 9.17) is 9.79 Å². The third-order valence-corrected chi connectivity index (χ3v) is 6.06. The Morgan fingerprint density at radius 2 is 1.88 bits per heavy atom. The average Bonchev–Trinajstić information content (AvgIpc) is 2.70. The lowest BCUT2D eigenvalue weighted by Crippen LogP contribution is -2.42. The number of nitrogens with one attached hydrogen (secondary N) is 1. The van der Waals surface area contributed by atoms with Gasteiger partial charge in [-0.25, -0.2) is 14.3 Å². The van der Waals surface area contributed by atoms with Crippen LogP contribution >= 0.6 is 19.6 Å². The lowest BCUT2D eigenvalue weighted by Gasteiger charge is -2.26. The molecule has 2 aliphatic rings. The number of aryl methyl sites for hydroxylation is 1. The van der Waals surface area contributed by atoms with Gasteiger partial charge < -0.3 is 29.7 Å². The Labute approximate surface area is 184 Å². The van der Waals surface area contributed by atoms with Gasteiger partial charge in [0.1, 0.15) is 18.3 Å². The molecule has 0 saturated heterocycles. The van der Waals surface area contributed by atoms with Gasteiger partial charge in [0.15, 0.2) is 11.5 Å². The Morgan fingerprint density at radius 3 is 2.50 bits per heavy atom. The minimum Gasteiger partial charge on any atom is -0.388 e. The van der Waals surface area contributed by atoms with Gasteiger partial charge in [-0.15, -0.1) is 11.8 Å². The van der Waals surface area contributed by atoms with E-state index in [9.17, 15) is 29.5 Å². The fraction of sp³-hybridized carbons (Fsp3) is 0.412. The van der Waals surface area contributed by atoms with Crippen LogP contribution in [0.15, 0.2) is 26.6 Å². The summed E-state index contributed by atoms with van der Waals surface area (Å²) in [5, 5.41) is 30.7. The number of H-pyrrole nitrogens is 1. The molecule has 0 aliphatic carbocycles. The lowest BCUT2D eigenvalue weighted by molar-refractivity contribution is -0.0793. The van der Waals surface area contributed by atoms with Crippen LogP contribution in [0, 0.1) is 6.92 Å². The molecule has 0 fully saturated rings. The minimum atomic E-state index is -4.90. The van der Waals surface area contributed by atoms with Crippen LogP contribution in [0.1, 0.15) is 5.56 Å². The van der Waals surface area contributed by atoms with Gasteiger partial charge >= 0.3 is 13.5 Å². The fourth-order valence-electron chi connectivity index (χ4n) is 3.15. The maximum atomic E-state index is 12.3. The van der Waals surface area contributed by atoms with Gasteiger partial charge in [0.25, 0.3) is 5.56 Å². The van der Waals surface area contributed by atoms with Crippen LogP contribution < -0.4 is 11.2 Å². The first-order chi connectivity index (χ1) is 14.9. The second-order valence-electron chi connectivity index (χ2n) is 6.99. The zero-order valence-corrected chi connectivity index (χ0v) is 18.6. The number of phosphoric acid groups is 1. The molecule has 0 saturated carbocycles. The summed E-state index contributed by atoms with van der Waals surface area (Å²) in [6.45, 7) is 0.473. The highest BCUT2D eigenvalue weighted by Crippen LogP contribution is 2.36. The number of hydrogen-bond acceptors (Lipinski definition) is 10. The van der Waals surface area contributed by atoms with E-state index in [-0.39, 0.29) is 11.5 Å². The van der Waals surface area contributed by atoms with Gasteiger partial charge in [0, 0.05) is 4.90 Å². The summed E-state index contributed by atoms with van der Waals surface area (Å²) in [6.07, 6.45) is -3.57. The Kier molecular flexibility index (Phi) is 7.17. The Hall–Kier alpha value is -2.16. The predicted molar refractivity (Wildman–Crippen MR) is 114 cm³/mol. The number of aliphatic hydroxyl groups excluding tert-OH is 3. The third-order valence-electron chi connectivity index (χ3n) is 4.70. The molecule has 0 amide bonds. The predicted octanol–water partition coefficient (Wildman–Crippen LogP) is -1.19. The van der Waals surface area contributed by atoms with Crippen LogP contribution in [-0.2, 0) is 15.6 Å². The standard InChI is InChI=1S/C17H21N4O9PS/c1-7-3-8-9(4-12(7)32-2)21(15-13(18-8)16(25)20-17(26)19-15)5-10(22)14(24)11(23)6-30-31(27,28)29/h3-4,10-11,14,22-24H,5-6H2,1-2H3,(H,20,25,26)(H2,27,28,29)/t10-,11+,14-/m0/s1. The quantitative estimate of drug-likeness (QED) is 0.126. The number of aromatic amines is 1. The Bertz CT molecular complexity index is 1270. The molecule has 2 aliphatic heterocycles. The molecule has 2 heterocycles. The van der Waals surface area contributed by atoms with Crippen molar-refractivity contribution in [3.63, 3.8) is 0 Å². The number of benzene rings is 1. The molecule has 0 unspecified atom stereocenters. The molecular weight excluding hydrogens is 467 g/mol. The van der Waals surface area contributed by atoms with E-state index in [0.717, 1.165) is 10.5 Å². The molecule has 32 heavy (non-hydrogen) atoms. The lowest BCUT2D eigenvalue weighted by atomic mass is 10.1. The molecule has 0 radical (unpaired) electrons. The van der Waals surface area contributed by atoms with Crippen molar-refractivity contribution < 1.29 is 34.2 Å². The molecule has 0 bridgehead atoms. The van der Waals surface area contributed by atoms with Crippen molar-refractivity contribution in [2.45, 2.75) is 36.7 Å². The zero-order chi connectivity index (χ0) is 23.8. The number of phosphoric ester groups is 1. The number of thioether (sulfide) groups is 1. The summed E-state index contributed by atoms with van der Waals surface area (Å²) in [7, 11) is -4.90. The maximum Gasteiger partial charge on any atom is 0.469 e. The second kappa shape index (κ2) is 9.37. The molecule has 0 spiro atoms. The van der Waals surface area contributed by atoms with Gasteiger partial charge in [0.2, 0.25) is 0 Å². The van der Waals surface area contributed by atoms with Gasteiger partial charge in [-0.3, -0.25) is 14.3 Å². The highest BCUT2D eigenvalue weighted by Gasteiger charge is 2.30. The summed E-state index contributed by atoms with van der Waals surface area (Å²) >= 11 is 1.44. The smallest absolute Gasteiger partial charge is 0.388 e. The molecule has 6 N–H and O–H groups in total. The molecule has 3 atom stereocenters. The van der Waals surface area contributed by atoms with Crippen molar-refractivity contribution in [1.29, 1.82) is 0 Å². The van der Waals surface area contributed by atoms with E-state index in [0.29, 0.717) is 11.0 Å². The van der Waals surface area contributed by atoms with E-state index in [1.54, 1.807) is 12.1 Å². The van der Waals surface area contributed by atoms with Gasteiger partial charge in [-0.1, -0.05) is 0 Å². The van der Waals surface area contributed by atoms with Crippen molar-refractivity contribution in [3.8, 4) is 11.5 Å². The zero-order valence-electron chi connectivity index (χ0n) is 16.9. The van der Waals surface area contributed by atoms with Gasteiger partial charge in [-0.2, -0.15) is 4.98 Å². The van der Waals surface area contributed by atoms with E-state index in [1.807, 2.05) is 18.2 Å². The largest absolute Gasteiger partial charge is 0.469 e. The van der Waals surface area contributed by atoms with Crippen molar-refractivity contribution >= 4 is 30.6 Å². The topological polar surface area (TPSA) is 208 Å². The first-order valence-electron chi connectivity index (χ1n) is 9.14. The van der Waals surface area contributed by atoms with E-state index < -0.39 is 50.5 Å².